The molecule has 2 aromatic heterocycles. The number of aliphatic hydroxyl groups excluding tert-OH is 1. The maximum absolute atomic E-state index is 10.4. The van der Waals surface area contributed by atoms with Crippen molar-refractivity contribution in [2.24, 2.45) is 5.92 Å². The number of fused-ring (bicyclic) bond motifs is 1. The molecule has 2 aromatic rings. The molecule has 0 bridgehead atoms. The first kappa shape index (κ1) is 21.7. The van der Waals surface area contributed by atoms with Gasteiger partial charge in [-0.15, -0.1) is 0 Å². The van der Waals surface area contributed by atoms with Gasteiger partial charge in [0.15, 0.2) is 0 Å². The average molecular weight is 462 g/mol. The van der Waals surface area contributed by atoms with Crippen LogP contribution >= 0.6 is 15.3 Å². The van der Waals surface area contributed by atoms with Gasteiger partial charge in [0, 0.05) is 0 Å². The van der Waals surface area contributed by atoms with Crippen LogP contribution in [-0.4, -0.2) is 53.1 Å². The van der Waals surface area contributed by atoms with E-state index < -0.39 is 33.7 Å². The summed E-state index contributed by atoms with van der Waals surface area (Å²) in [6.45, 7) is 3.57. The minimum absolute atomic E-state index is 0.152. The Labute approximate surface area is 172 Å². The van der Waals surface area contributed by atoms with Gasteiger partial charge in [0.25, 0.3) is 0 Å². The molecule has 0 radical (unpaired) electrons. The second-order valence-electron chi connectivity index (χ2n) is 7.43. The molecule has 0 spiro atoms. The first-order valence-corrected chi connectivity index (χ1v) is 13.8. The summed E-state index contributed by atoms with van der Waals surface area (Å²) < 4.78 is 21.2. The Balaban J connectivity index is 1.56. The molecule has 2 aliphatic heterocycles. The van der Waals surface area contributed by atoms with Crippen molar-refractivity contribution in [2.45, 2.75) is 38.7 Å². The zero-order chi connectivity index (χ0) is 21.7. The number of hydrogen-bond acceptors (Lipinski definition) is 11. The van der Waals surface area contributed by atoms with Crippen molar-refractivity contribution >= 4 is 32.1 Å². The van der Waals surface area contributed by atoms with E-state index >= 15 is 0 Å². The summed E-state index contributed by atoms with van der Waals surface area (Å²) in [6.07, 6.45) is 0.808. The zero-order valence-corrected chi connectivity index (χ0v) is 18.2. The molecule has 6 N–H and O–H groups in total. The van der Waals surface area contributed by atoms with E-state index in [2.05, 4.69) is 31.2 Å². The van der Waals surface area contributed by atoms with Crippen LogP contribution < -0.4 is 5.73 Å². The van der Waals surface area contributed by atoms with Crippen LogP contribution in [0.15, 0.2) is 12.5 Å². The number of nitrogens with zero attached hydrogens (tertiary/aromatic N) is 3. The van der Waals surface area contributed by atoms with Crippen molar-refractivity contribution in [2.75, 3.05) is 12.3 Å². The van der Waals surface area contributed by atoms with Gasteiger partial charge >= 0.3 is 172 Å². The molecule has 3 atom stereocenters. The second kappa shape index (κ2) is 7.89. The van der Waals surface area contributed by atoms with E-state index in [9.17, 15) is 19.8 Å². The quantitative estimate of drug-likeness (QED) is 0.181. The van der Waals surface area contributed by atoms with Gasteiger partial charge in [0.05, 0.1) is 0 Å². The monoisotopic (exact) mass is 462 g/mol. The third-order valence-corrected chi connectivity index (χ3v) is 10.0. The molecule has 166 valence electrons. The molecular weight excluding hydrogens is 438 g/mol. The van der Waals surface area contributed by atoms with Crippen LogP contribution in [0.25, 0.3) is 11.0 Å². The molecule has 30 heavy (non-hydrogen) atoms. The number of nitrogen functional groups attached to an aromatic ring is 1. The molecular formula is C16H24N4O8P2. The van der Waals surface area contributed by atoms with E-state index in [1.165, 1.54) is 6.33 Å². The minimum atomic E-state index is -4.56. The molecule has 2 aliphatic rings. The molecule has 4 heterocycles. The number of ether oxygens (including phenoxy) is 1. The van der Waals surface area contributed by atoms with Crippen LogP contribution in [0.2, 0.25) is 0 Å². The third kappa shape index (κ3) is 4.02. The maximum atomic E-state index is 10.4. The van der Waals surface area contributed by atoms with Gasteiger partial charge in [0.1, 0.15) is 0 Å². The van der Waals surface area contributed by atoms with Crippen molar-refractivity contribution in [1.29, 1.82) is 0 Å². The summed E-state index contributed by atoms with van der Waals surface area (Å²) in [5.41, 5.74) is 7.18. The first-order chi connectivity index (χ1) is 14.1. The van der Waals surface area contributed by atoms with Gasteiger partial charge in [-0.25, -0.2) is 0 Å². The number of aliphatic hydroxyl groups is 1. The predicted molar refractivity (Wildman–Crippen MR) is 110 cm³/mol. The van der Waals surface area contributed by atoms with Crippen molar-refractivity contribution in [3.05, 3.63) is 18.1 Å². The summed E-state index contributed by atoms with van der Waals surface area (Å²) in [5, 5.41) is 11.0. The van der Waals surface area contributed by atoms with Gasteiger partial charge in [-0.3, -0.25) is 0 Å². The van der Waals surface area contributed by atoms with E-state index in [4.69, 9.17) is 15.0 Å². The van der Waals surface area contributed by atoms with E-state index in [1.54, 1.807) is 10.8 Å². The third-order valence-electron chi connectivity index (χ3n) is 4.75. The number of anilines is 1. The van der Waals surface area contributed by atoms with Gasteiger partial charge in [-0.1, -0.05) is 0 Å². The number of hydrogen-bond donors (Lipinski definition) is 5. The number of aromatic nitrogens is 3. The Morgan fingerprint density at radius 3 is 2.80 bits per heavy atom. The molecule has 0 saturated carbocycles. The molecule has 14 heteroatoms. The molecule has 0 amide bonds. The summed E-state index contributed by atoms with van der Waals surface area (Å²) in [5.74, 6) is 6.59. The molecule has 2 saturated heterocycles. The van der Waals surface area contributed by atoms with Crippen molar-refractivity contribution in [3.8, 4) is 11.8 Å². The van der Waals surface area contributed by atoms with Crippen LogP contribution in [0.3, 0.4) is 0 Å². The Kier molecular flexibility index (Phi) is 5.72. The first-order valence-electron chi connectivity index (χ1n) is 9.25. The Morgan fingerprint density at radius 1 is 1.40 bits per heavy atom. The van der Waals surface area contributed by atoms with E-state index in [-0.39, 0.29) is 24.8 Å². The van der Waals surface area contributed by atoms with Gasteiger partial charge < -0.3 is 0 Å². The summed E-state index contributed by atoms with van der Waals surface area (Å²) in [4.78, 5) is 37.7. The number of rotatable bonds is 5. The van der Waals surface area contributed by atoms with Crippen LogP contribution in [0.5, 0.6) is 0 Å². The van der Waals surface area contributed by atoms with Crippen molar-refractivity contribution in [3.63, 3.8) is 0 Å². The van der Waals surface area contributed by atoms with Crippen LogP contribution in [0, 0.1) is 17.8 Å². The van der Waals surface area contributed by atoms with Crippen molar-refractivity contribution in [1.82, 2.24) is 14.5 Å². The molecule has 12 nitrogen and oxygen atoms in total. The Bertz CT molecular complexity index is 1020. The van der Waals surface area contributed by atoms with E-state index in [0.29, 0.717) is 16.6 Å². The topological polar surface area (TPSA) is 181 Å². The summed E-state index contributed by atoms with van der Waals surface area (Å²) >= 11 is 0. The predicted octanol–water partition coefficient (Wildman–Crippen LogP) is 0.529. The summed E-state index contributed by atoms with van der Waals surface area (Å²) in [7, 11) is -8.59. The van der Waals surface area contributed by atoms with Gasteiger partial charge in [-0.05, 0) is 0 Å². The number of nitrogens with two attached hydrogens (primary N) is 1. The summed E-state index contributed by atoms with van der Waals surface area (Å²) in [6, 6.07) is 0. The molecule has 0 aliphatic carbocycles. The second-order valence-corrected chi connectivity index (χ2v) is 14.3. The van der Waals surface area contributed by atoms with Gasteiger partial charge in [0.2, 0.25) is 0 Å². The zero-order valence-electron chi connectivity index (χ0n) is 16.2. The van der Waals surface area contributed by atoms with Gasteiger partial charge in [-0.2, -0.15) is 0 Å². The van der Waals surface area contributed by atoms with E-state index in [0.717, 1.165) is 0 Å². The van der Waals surface area contributed by atoms with Crippen molar-refractivity contribution < 1.29 is 38.4 Å². The normalized spacial score (nSPS) is 27.1. The molecule has 2 fully saturated rings. The fraction of sp³-hybridized carbons (Fsp3) is 0.500. The molecule has 4 rings (SSSR count). The van der Waals surface area contributed by atoms with Crippen LogP contribution in [0.1, 0.15) is 32.1 Å². The van der Waals surface area contributed by atoms with Crippen LogP contribution in [-0.2, 0) is 18.6 Å². The van der Waals surface area contributed by atoms with E-state index in [1.807, 2.05) is 13.8 Å². The van der Waals surface area contributed by atoms with Crippen LogP contribution in [0.4, 0.5) is 5.82 Å². The Hall–Kier alpha value is -1.48. The SMILES string of the molecule is CC(C)C#Cc1cn([C@H]2CC(O)[C@@H](CO[PH](O)(O)[PH]3(O)OO3)O2)c2ncnc(N)c12. The molecule has 0 aromatic carbocycles. The fourth-order valence-electron chi connectivity index (χ4n) is 3.12. The average Bonchev–Trinajstić information content (AvgIpc) is 3.18. The Morgan fingerprint density at radius 2 is 2.13 bits per heavy atom. The molecule has 1 unspecified atom stereocenters. The fourth-order valence-corrected chi connectivity index (χ4v) is 6.05. The standard InChI is InChI=1S/C16H24N4O8P2/c1-9(2)3-4-10-6-20(16-14(10)15(17)18-8-19-16)13-5-11(21)12(26-13)7-25-29(22,23)30(24)27-28-30/h6,8-9,11-13,21-24,29-30H,5,7H2,1-2H3,(H2,17,18,19)/t11?,12-,13-/m1/s1.